The summed E-state index contributed by atoms with van der Waals surface area (Å²) < 4.78 is 1.88. The Bertz CT molecular complexity index is 808. The number of hydrogen-bond acceptors (Lipinski definition) is 4. The molecular weight excluding hydrogens is 286 g/mol. The summed E-state index contributed by atoms with van der Waals surface area (Å²) in [6, 6.07) is 12.3. The lowest BCUT2D eigenvalue weighted by Gasteiger charge is -2.14. The van der Waals surface area contributed by atoms with Gasteiger partial charge in [-0.25, -0.2) is 9.97 Å². The van der Waals surface area contributed by atoms with Crippen molar-refractivity contribution in [2.45, 2.75) is 26.8 Å². The van der Waals surface area contributed by atoms with Gasteiger partial charge in [0.25, 0.3) is 0 Å². The standard InChI is InChI=1S/C18H21N5/c1-12(15-8-6-5-7-9-15)20-18-19-11-10-16(21-18)17-13(2)22-23(4)14(17)3/h5-12H,1-4H3,(H,19,20,21)/t12-/m0/s1. The van der Waals surface area contributed by atoms with Crippen LogP contribution in [0.3, 0.4) is 0 Å². The van der Waals surface area contributed by atoms with Gasteiger partial charge in [-0.1, -0.05) is 30.3 Å². The third-order valence-electron chi connectivity index (χ3n) is 4.07. The minimum atomic E-state index is 0.141. The van der Waals surface area contributed by atoms with Crippen molar-refractivity contribution in [2.24, 2.45) is 7.05 Å². The number of anilines is 1. The molecule has 0 fully saturated rings. The Morgan fingerprint density at radius 2 is 1.83 bits per heavy atom. The second kappa shape index (κ2) is 6.20. The number of rotatable bonds is 4. The molecule has 118 valence electrons. The topological polar surface area (TPSA) is 55.6 Å². The largest absolute Gasteiger partial charge is 0.348 e. The van der Waals surface area contributed by atoms with Crippen molar-refractivity contribution in [3.8, 4) is 11.3 Å². The van der Waals surface area contributed by atoms with Gasteiger partial charge in [-0.3, -0.25) is 4.68 Å². The third-order valence-corrected chi connectivity index (χ3v) is 4.07. The summed E-state index contributed by atoms with van der Waals surface area (Å²) in [6.07, 6.45) is 1.79. The van der Waals surface area contributed by atoms with Gasteiger partial charge in [-0.15, -0.1) is 0 Å². The second-order valence-electron chi connectivity index (χ2n) is 5.71. The Kier molecular flexibility index (Phi) is 4.10. The third kappa shape index (κ3) is 3.08. The molecular formula is C18H21N5. The van der Waals surface area contributed by atoms with Crippen LogP contribution in [0, 0.1) is 13.8 Å². The Labute approximate surface area is 136 Å². The first-order valence-corrected chi connectivity index (χ1v) is 7.71. The lowest BCUT2D eigenvalue weighted by atomic mass is 10.1. The number of nitrogens with zero attached hydrogens (tertiary/aromatic N) is 4. The van der Waals surface area contributed by atoms with E-state index in [1.54, 1.807) is 6.20 Å². The molecule has 3 rings (SSSR count). The predicted molar refractivity (Wildman–Crippen MR) is 92.2 cm³/mol. The molecule has 0 saturated heterocycles. The van der Waals surface area contributed by atoms with Crippen molar-refractivity contribution in [3.63, 3.8) is 0 Å². The van der Waals surface area contributed by atoms with Crippen molar-refractivity contribution in [3.05, 3.63) is 59.5 Å². The van der Waals surface area contributed by atoms with Gasteiger partial charge >= 0.3 is 0 Å². The Morgan fingerprint density at radius 3 is 2.48 bits per heavy atom. The smallest absolute Gasteiger partial charge is 0.223 e. The molecule has 0 spiro atoms. The molecule has 2 aromatic heterocycles. The average molecular weight is 307 g/mol. The molecule has 0 radical (unpaired) electrons. The van der Waals surface area contributed by atoms with Crippen molar-refractivity contribution in [2.75, 3.05) is 5.32 Å². The van der Waals surface area contributed by atoms with Crippen LogP contribution in [0.5, 0.6) is 0 Å². The molecule has 0 aliphatic heterocycles. The maximum absolute atomic E-state index is 4.67. The zero-order chi connectivity index (χ0) is 16.4. The van der Waals surface area contributed by atoms with Gasteiger partial charge in [0, 0.05) is 24.5 Å². The average Bonchev–Trinajstić information content (AvgIpc) is 2.81. The van der Waals surface area contributed by atoms with E-state index in [0.29, 0.717) is 5.95 Å². The van der Waals surface area contributed by atoms with Gasteiger partial charge in [-0.2, -0.15) is 5.10 Å². The lowest BCUT2D eigenvalue weighted by Crippen LogP contribution is -2.09. The molecule has 3 aromatic rings. The van der Waals surface area contributed by atoms with Crippen LogP contribution in [0.2, 0.25) is 0 Å². The van der Waals surface area contributed by atoms with E-state index in [-0.39, 0.29) is 6.04 Å². The number of aromatic nitrogens is 4. The van der Waals surface area contributed by atoms with Crippen LogP contribution in [-0.4, -0.2) is 19.7 Å². The van der Waals surface area contributed by atoms with Gasteiger partial charge in [0.15, 0.2) is 0 Å². The highest BCUT2D eigenvalue weighted by Crippen LogP contribution is 2.25. The van der Waals surface area contributed by atoms with E-state index in [2.05, 4.69) is 46.4 Å². The highest BCUT2D eigenvalue weighted by molar-refractivity contribution is 5.65. The van der Waals surface area contributed by atoms with Crippen LogP contribution >= 0.6 is 0 Å². The summed E-state index contributed by atoms with van der Waals surface area (Å²) in [7, 11) is 1.95. The fraction of sp³-hybridized carbons (Fsp3) is 0.278. The van der Waals surface area contributed by atoms with Crippen molar-refractivity contribution < 1.29 is 0 Å². The summed E-state index contributed by atoms with van der Waals surface area (Å²) in [5, 5.41) is 7.83. The fourth-order valence-corrected chi connectivity index (χ4v) is 2.73. The zero-order valence-corrected chi connectivity index (χ0v) is 13.9. The van der Waals surface area contributed by atoms with Gasteiger partial charge in [0.2, 0.25) is 5.95 Å². The van der Waals surface area contributed by atoms with E-state index in [9.17, 15) is 0 Å². The second-order valence-corrected chi connectivity index (χ2v) is 5.71. The van der Waals surface area contributed by atoms with Crippen molar-refractivity contribution >= 4 is 5.95 Å². The van der Waals surface area contributed by atoms with Crippen LogP contribution in [0.4, 0.5) is 5.95 Å². The molecule has 1 N–H and O–H groups in total. The molecule has 0 bridgehead atoms. The van der Waals surface area contributed by atoms with E-state index in [0.717, 1.165) is 22.6 Å². The molecule has 2 heterocycles. The highest BCUT2D eigenvalue weighted by atomic mass is 15.3. The maximum Gasteiger partial charge on any atom is 0.223 e. The van der Waals surface area contributed by atoms with Crippen molar-refractivity contribution in [1.29, 1.82) is 0 Å². The van der Waals surface area contributed by atoms with E-state index in [1.165, 1.54) is 5.56 Å². The molecule has 1 aromatic carbocycles. The summed E-state index contributed by atoms with van der Waals surface area (Å²) in [6.45, 7) is 6.16. The minimum Gasteiger partial charge on any atom is -0.348 e. The number of aryl methyl sites for hydroxylation is 2. The van der Waals surface area contributed by atoms with Crippen LogP contribution in [-0.2, 0) is 7.05 Å². The summed E-state index contributed by atoms with van der Waals surface area (Å²) in [5.41, 5.74) is 5.25. The normalized spacial score (nSPS) is 12.2. The molecule has 5 heteroatoms. The Hall–Kier alpha value is -2.69. The number of benzene rings is 1. The molecule has 0 amide bonds. The predicted octanol–water partition coefficient (Wildman–Crippen LogP) is 3.67. The van der Waals surface area contributed by atoms with Crippen LogP contribution in [0.15, 0.2) is 42.6 Å². The van der Waals surface area contributed by atoms with E-state index < -0.39 is 0 Å². The van der Waals surface area contributed by atoms with Crippen molar-refractivity contribution in [1.82, 2.24) is 19.7 Å². The van der Waals surface area contributed by atoms with Crippen LogP contribution < -0.4 is 5.32 Å². The highest BCUT2D eigenvalue weighted by Gasteiger charge is 2.14. The monoisotopic (exact) mass is 307 g/mol. The van der Waals surface area contributed by atoms with Gasteiger partial charge in [0.1, 0.15) is 0 Å². The Morgan fingerprint density at radius 1 is 1.09 bits per heavy atom. The van der Waals surface area contributed by atoms with E-state index in [4.69, 9.17) is 0 Å². The summed E-state index contributed by atoms with van der Waals surface area (Å²) in [4.78, 5) is 9.02. The first kappa shape index (κ1) is 15.2. The summed E-state index contributed by atoms with van der Waals surface area (Å²) in [5.74, 6) is 0.626. The molecule has 23 heavy (non-hydrogen) atoms. The fourth-order valence-electron chi connectivity index (χ4n) is 2.73. The number of hydrogen-bond donors (Lipinski definition) is 1. The van der Waals surface area contributed by atoms with E-state index in [1.807, 2.05) is 42.9 Å². The summed E-state index contributed by atoms with van der Waals surface area (Å²) >= 11 is 0. The van der Waals surface area contributed by atoms with Gasteiger partial charge in [-0.05, 0) is 32.4 Å². The first-order valence-electron chi connectivity index (χ1n) is 7.71. The maximum atomic E-state index is 4.67. The van der Waals surface area contributed by atoms with E-state index >= 15 is 0 Å². The van der Waals surface area contributed by atoms with Gasteiger partial charge in [0.05, 0.1) is 17.4 Å². The molecule has 0 aliphatic carbocycles. The molecule has 1 atom stereocenters. The molecule has 0 saturated carbocycles. The SMILES string of the molecule is Cc1nn(C)c(C)c1-c1ccnc(N[C@@H](C)c2ccccc2)n1. The minimum absolute atomic E-state index is 0.141. The molecule has 0 unspecified atom stereocenters. The molecule has 5 nitrogen and oxygen atoms in total. The molecule has 0 aliphatic rings. The zero-order valence-electron chi connectivity index (χ0n) is 13.9. The lowest BCUT2D eigenvalue weighted by molar-refractivity contribution is 0.731. The quantitative estimate of drug-likeness (QED) is 0.799. The van der Waals surface area contributed by atoms with Crippen LogP contribution in [0.25, 0.3) is 11.3 Å². The number of nitrogens with one attached hydrogen (secondary N) is 1. The van der Waals surface area contributed by atoms with Gasteiger partial charge < -0.3 is 5.32 Å². The Balaban J connectivity index is 1.88. The van der Waals surface area contributed by atoms with Crippen LogP contribution in [0.1, 0.15) is 29.9 Å². The first-order chi connectivity index (χ1) is 11.1.